The average molecular weight is 334 g/mol. The molecule has 0 radical (unpaired) electrons. The second-order valence-electron chi connectivity index (χ2n) is 6.54. The summed E-state index contributed by atoms with van der Waals surface area (Å²) in [7, 11) is 1.78. The third-order valence-corrected chi connectivity index (χ3v) is 4.67. The molecule has 1 saturated heterocycles. The van der Waals surface area contributed by atoms with Crippen LogP contribution in [0.25, 0.3) is 0 Å². The summed E-state index contributed by atoms with van der Waals surface area (Å²) in [5.41, 5.74) is 0.997. The lowest BCUT2D eigenvalue weighted by Gasteiger charge is -2.33. The van der Waals surface area contributed by atoms with Crippen LogP contribution in [0.5, 0.6) is 0 Å². The molecular weight excluding hydrogens is 303 g/mol. The summed E-state index contributed by atoms with van der Waals surface area (Å²) in [6.45, 7) is 6.38. The Bertz CT molecular complexity index is 518. The highest BCUT2D eigenvalue weighted by Gasteiger charge is 2.16. The van der Waals surface area contributed by atoms with Gasteiger partial charge < -0.3 is 15.5 Å². The standard InChI is InChI=1S/C19H31FN4/c1-16-7-3-4-13-24(16)14-6-11-22-19(21-2)23-12-10-17-8-5-9-18(20)15-17/h5,8-9,15-16H,3-4,6-7,10-14H2,1-2H3,(H2,21,22,23). The molecule has 1 aliphatic rings. The number of aliphatic imine (C=N–C) groups is 1. The van der Waals surface area contributed by atoms with Crippen molar-refractivity contribution in [3.63, 3.8) is 0 Å². The zero-order chi connectivity index (χ0) is 17.2. The zero-order valence-electron chi connectivity index (χ0n) is 15.0. The summed E-state index contributed by atoms with van der Waals surface area (Å²) in [5, 5.41) is 6.65. The maximum atomic E-state index is 13.1. The Morgan fingerprint density at radius 2 is 2.12 bits per heavy atom. The fraction of sp³-hybridized carbons (Fsp3) is 0.632. The Balaban J connectivity index is 1.60. The summed E-state index contributed by atoms with van der Waals surface area (Å²) < 4.78 is 13.1. The van der Waals surface area contributed by atoms with Crippen LogP contribution in [0.3, 0.4) is 0 Å². The maximum Gasteiger partial charge on any atom is 0.190 e. The molecular formula is C19H31FN4. The van der Waals surface area contributed by atoms with E-state index in [0.717, 1.165) is 50.0 Å². The first-order chi connectivity index (χ1) is 11.7. The van der Waals surface area contributed by atoms with E-state index >= 15 is 0 Å². The van der Waals surface area contributed by atoms with Crippen molar-refractivity contribution in [1.29, 1.82) is 0 Å². The Kier molecular flexibility index (Phi) is 8.02. The van der Waals surface area contributed by atoms with E-state index in [2.05, 4.69) is 27.4 Å². The molecule has 0 spiro atoms. The number of benzene rings is 1. The fourth-order valence-corrected chi connectivity index (χ4v) is 3.22. The lowest BCUT2D eigenvalue weighted by molar-refractivity contribution is 0.159. The van der Waals surface area contributed by atoms with Crippen molar-refractivity contribution in [2.24, 2.45) is 4.99 Å². The summed E-state index contributed by atoms with van der Waals surface area (Å²) in [6.07, 6.45) is 5.94. The first kappa shape index (κ1) is 18.7. The molecule has 24 heavy (non-hydrogen) atoms. The minimum atomic E-state index is -0.179. The number of hydrogen-bond acceptors (Lipinski definition) is 2. The smallest absolute Gasteiger partial charge is 0.190 e. The van der Waals surface area contributed by atoms with Gasteiger partial charge in [0.1, 0.15) is 5.82 Å². The number of guanidine groups is 1. The summed E-state index contributed by atoms with van der Waals surface area (Å²) in [5.74, 6) is 0.639. The minimum absolute atomic E-state index is 0.179. The van der Waals surface area contributed by atoms with Crippen LogP contribution in [-0.2, 0) is 6.42 Å². The number of piperidine rings is 1. The first-order valence-corrected chi connectivity index (χ1v) is 9.12. The van der Waals surface area contributed by atoms with E-state index in [-0.39, 0.29) is 5.82 Å². The van der Waals surface area contributed by atoms with Gasteiger partial charge in [-0.15, -0.1) is 0 Å². The molecule has 1 aromatic rings. The van der Waals surface area contributed by atoms with Crippen LogP contribution in [0.1, 0.15) is 38.2 Å². The fourth-order valence-electron chi connectivity index (χ4n) is 3.22. The van der Waals surface area contributed by atoms with Crippen molar-refractivity contribution >= 4 is 5.96 Å². The average Bonchev–Trinajstić information content (AvgIpc) is 2.58. The summed E-state index contributed by atoms with van der Waals surface area (Å²) in [4.78, 5) is 6.83. The zero-order valence-corrected chi connectivity index (χ0v) is 15.0. The van der Waals surface area contributed by atoms with Crippen molar-refractivity contribution in [3.05, 3.63) is 35.6 Å². The molecule has 1 heterocycles. The van der Waals surface area contributed by atoms with Gasteiger partial charge in [0, 0.05) is 32.7 Å². The molecule has 134 valence electrons. The highest BCUT2D eigenvalue weighted by Crippen LogP contribution is 2.15. The maximum absolute atomic E-state index is 13.1. The van der Waals surface area contributed by atoms with Gasteiger partial charge in [-0.3, -0.25) is 4.99 Å². The molecule has 4 nitrogen and oxygen atoms in total. The molecule has 1 aromatic carbocycles. The van der Waals surface area contributed by atoms with E-state index in [1.165, 1.54) is 31.9 Å². The van der Waals surface area contributed by atoms with Gasteiger partial charge in [0.25, 0.3) is 0 Å². The Morgan fingerprint density at radius 1 is 1.29 bits per heavy atom. The number of nitrogens with one attached hydrogen (secondary N) is 2. The molecule has 1 fully saturated rings. The van der Waals surface area contributed by atoms with E-state index in [1.54, 1.807) is 19.2 Å². The van der Waals surface area contributed by atoms with Gasteiger partial charge >= 0.3 is 0 Å². The predicted octanol–water partition coefficient (Wildman–Crippen LogP) is 2.80. The highest BCUT2D eigenvalue weighted by atomic mass is 19.1. The van der Waals surface area contributed by atoms with Gasteiger partial charge in [0.05, 0.1) is 0 Å². The SMILES string of the molecule is CN=C(NCCCN1CCCCC1C)NCCc1cccc(F)c1. The molecule has 1 aliphatic heterocycles. The van der Waals surface area contributed by atoms with E-state index in [4.69, 9.17) is 0 Å². The normalized spacial score (nSPS) is 19.3. The monoisotopic (exact) mass is 334 g/mol. The molecule has 2 N–H and O–H groups in total. The van der Waals surface area contributed by atoms with Gasteiger partial charge in [0.2, 0.25) is 0 Å². The molecule has 1 atom stereocenters. The van der Waals surface area contributed by atoms with E-state index in [9.17, 15) is 4.39 Å². The first-order valence-electron chi connectivity index (χ1n) is 9.12. The second kappa shape index (κ2) is 10.3. The van der Waals surface area contributed by atoms with Crippen molar-refractivity contribution in [2.45, 2.75) is 45.1 Å². The third-order valence-electron chi connectivity index (χ3n) is 4.67. The van der Waals surface area contributed by atoms with Crippen molar-refractivity contribution < 1.29 is 4.39 Å². The number of rotatable bonds is 7. The topological polar surface area (TPSA) is 39.7 Å². The number of halogens is 1. The second-order valence-corrected chi connectivity index (χ2v) is 6.54. The molecule has 0 saturated carbocycles. The molecule has 0 aromatic heterocycles. The Labute approximate surface area is 145 Å². The van der Waals surface area contributed by atoms with Gasteiger partial charge in [-0.25, -0.2) is 4.39 Å². The third kappa shape index (κ3) is 6.48. The van der Waals surface area contributed by atoms with Crippen LogP contribution < -0.4 is 10.6 Å². The number of hydrogen-bond donors (Lipinski definition) is 2. The minimum Gasteiger partial charge on any atom is -0.356 e. The molecule has 2 rings (SSSR count). The van der Waals surface area contributed by atoms with Crippen molar-refractivity contribution in [2.75, 3.05) is 33.2 Å². The van der Waals surface area contributed by atoms with Gasteiger partial charge in [-0.1, -0.05) is 18.6 Å². The van der Waals surface area contributed by atoms with E-state index in [0.29, 0.717) is 0 Å². The quantitative estimate of drug-likeness (QED) is 0.458. The lowest BCUT2D eigenvalue weighted by atomic mass is 10.0. The lowest BCUT2D eigenvalue weighted by Crippen LogP contribution is -2.41. The number of likely N-dealkylation sites (tertiary alicyclic amines) is 1. The van der Waals surface area contributed by atoms with Crippen LogP contribution in [0, 0.1) is 5.82 Å². The predicted molar refractivity (Wildman–Crippen MR) is 99.0 cm³/mol. The largest absolute Gasteiger partial charge is 0.356 e. The van der Waals surface area contributed by atoms with Crippen LogP contribution >= 0.6 is 0 Å². The van der Waals surface area contributed by atoms with E-state index < -0.39 is 0 Å². The Morgan fingerprint density at radius 3 is 2.88 bits per heavy atom. The molecule has 5 heteroatoms. The summed E-state index contributed by atoms with van der Waals surface area (Å²) >= 11 is 0. The number of nitrogens with zero attached hydrogens (tertiary/aromatic N) is 2. The molecule has 0 amide bonds. The highest BCUT2D eigenvalue weighted by molar-refractivity contribution is 5.79. The van der Waals surface area contributed by atoms with Gasteiger partial charge in [0.15, 0.2) is 5.96 Å². The van der Waals surface area contributed by atoms with Crippen molar-refractivity contribution in [1.82, 2.24) is 15.5 Å². The van der Waals surface area contributed by atoms with Gasteiger partial charge in [-0.2, -0.15) is 0 Å². The summed E-state index contributed by atoms with van der Waals surface area (Å²) in [6, 6.07) is 7.47. The van der Waals surface area contributed by atoms with Crippen LogP contribution in [0.4, 0.5) is 4.39 Å². The molecule has 1 unspecified atom stereocenters. The Hall–Kier alpha value is -1.62. The van der Waals surface area contributed by atoms with Gasteiger partial charge in [-0.05, 0) is 56.8 Å². The molecule has 0 bridgehead atoms. The molecule has 0 aliphatic carbocycles. The van der Waals surface area contributed by atoms with Crippen molar-refractivity contribution in [3.8, 4) is 0 Å². The van der Waals surface area contributed by atoms with Crippen LogP contribution in [0.2, 0.25) is 0 Å². The van der Waals surface area contributed by atoms with E-state index in [1.807, 2.05) is 6.07 Å². The van der Waals surface area contributed by atoms with Crippen LogP contribution in [0.15, 0.2) is 29.3 Å². The van der Waals surface area contributed by atoms with Crippen LogP contribution in [-0.4, -0.2) is 50.1 Å².